The molecule has 0 atom stereocenters. The minimum absolute atomic E-state index is 0.838. The summed E-state index contributed by atoms with van der Waals surface area (Å²) in [4.78, 5) is 0. The Morgan fingerprint density at radius 1 is 1.10 bits per heavy atom. The fraction of sp³-hybridized carbons (Fsp3) is 0.368. The largest absolute Gasteiger partial charge is 0.496 e. The molecule has 2 rings (SSSR count). The third-order valence-electron chi connectivity index (χ3n) is 3.66. The molecule has 0 aromatic heterocycles. The molecule has 0 amide bonds. The van der Waals surface area contributed by atoms with Gasteiger partial charge in [-0.2, -0.15) is 0 Å². The minimum atomic E-state index is 0.838. The number of allylic oxidation sites excluding steroid dienone is 6. The molecule has 0 bridgehead atoms. The molecule has 0 aliphatic heterocycles. The van der Waals surface area contributed by atoms with Crippen LogP contribution in [0.15, 0.2) is 53.3 Å². The maximum atomic E-state index is 6.13. The highest BCUT2D eigenvalue weighted by Crippen LogP contribution is 2.28. The highest BCUT2D eigenvalue weighted by Gasteiger charge is 2.08. The van der Waals surface area contributed by atoms with Crippen molar-refractivity contribution in [3.05, 3.63) is 58.9 Å². The van der Waals surface area contributed by atoms with Crippen molar-refractivity contribution in [2.45, 2.75) is 40.0 Å². The van der Waals surface area contributed by atoms with E-state index in [9.17, 15) is 0 Å². The molecule has 0 fully saturated rings. The quantitative estimate of drug-likeness (QED) is 0.745. The van der Waals surface area contributed by atoms with Gasteiger partial charge in [0.15, 0.2) is 0 Å². The molecule has 2 heteroatoms. The van der Waals surface area contributed by atoms with E-state index in [4.69, 9.17) is 9.47 Å². The third kappa shape index (κ3) is 4.25. The van der Waals surface area contributed by atoms with Crippen molar-refractivity contribution >= 4 is 0 Å². The summed E-state index contributed by atoms with van der Waals surface area (Å²) in [5.41, 5.74) is 3.57. The van der Waals surface area contributed by atoms with Crippen LogP contribution < -0.4 is 9.47 Å². The van der Waals surface area contributed by atoms with Gasteiger partial charge in [0, 0.05) is 12.5 Å². The fourth-order valence-electron chi connectivity index (χ4n) is 2.45. The molecule has 1 aromatic carbocycles. The molecule has 1 aliphatic carbocycles. The summed E-state index contributed by atoms with van der Waals surface area (Å²) in [7, 11) is 1.69. The molecular weight excluding hydrogens is 260 g/mol. The summed E-state index contributed by atoms with van der Waals surface area (Å²) in [5, 5.41) is 0. The molecule has 0 spiro atoms. The molecule has 0 radical (unpaired) electrons. The van der Waals surface area contributed by atoms with Gasteiger partial charge in [0.1, 0.15) is 17.3 Å². The van der Waals surface area contributed by atoms with E-state index in [0.29, 0.717) is 0 Å². The van der Waals surface area contributed by atoms with Crippen LogP contribution >= 0.6 is 0 Å². The number of methoxy groups -OCH3 is 1. The number of ether oxygens (including phenoxy) is 2. The SMILES string of the molecule is COc1cc(O/C2=C(C)/C=C(C)\C=C/CCC2)ccc1C. The first-order chi connectivity index (χ1) is 10.1. The lowest BCUT2D eigenvalue weighted by atomic mass is 10.1. The lowest BCUT2D eigenvalue weighted by Gasteiger charge is -2.14. The zero-order chi connectivity index (χ0) is 15.2. The maximum Gasteiger partial charge on any atom is 0.130 e. The van der Waals surface area contributed by atoms with Crippen molar-refractivity contribution in [3.8, 4) is 11.5 Å². The van der Waals surface area contributed by atoms with Crippen LogP contribution in [-0.2, 0) is 0 Å². The Labute approximate surface area is 127 Å². The van der Waals surface area contributed by atoms with E-state index in [1.165, 1.54) is 11.1 Å². The van der Waals surface area contributed by atoms with Crippen molar-refractivity contribution in [1.29, 1.82) is 0 Å². The topological polar surface area (TPSA) is 18.5 Å². The summed E-state index contributed by atoms with van der Waals surface area (Å²) in [6, 6.07) is 5.98. The van der Waals surface area contributed by atoms with E-state index < -0.39 is 0 Å². The molecule has 0 saturated heterocycles. The molecule has 0 saturated carbocycles. The van der Waals surface area contributed by atoms with E-state index >= 15 is 0 Å². The fourth-order valence-corrected chi connectivity index (χ4v) is 2.45. The van der Waals surface area contributed by atoms with Gasteiger partial charge in [-0.15, -0.1) is 0 Å². The van der Waals surface area contributed by atoms with Crippen LogP contribution in [0, 0.1) is 6.92 Å². The van der Waals surface area contributed by atoms with Gasteiger partial charge in [0.25, 0.3) is 0 Å². The first-order valence-corrected chi connectivity index (χ1v) is 7.47. The third-order valence-corrected chi connectivity index (χ3v) is 3.66. The van der Waals surface area contributed by atoms with Gasteiger partial charge >= 0.3 is 0 Å². The molecule has 0 heterocycles. The van der Waals surface area contributed by atoms with Gasteiger partial charge in [0.2, 0.25) is 0 Å². The second kappa shape index (κ2) is 7.16. The van der Waals surface area contributed by atoms with Gasteiger partial charge in [-0.3, -0.25) is 0 Å². The normalized spacial score (nSPS) is 23.3. The summed E-state index contributed by atoms with van der Waals surface area (Å²) in [6.45, 7) is 6.27. The molecule has 0 unspecified atom stereocenters. The van der Waals surface area contributed by atoms with Crippen LogP contribution in [0.4, 0.5) is 0 Å². The predicted molar refractivity (Wildman–Crippen MR) is 87.8 cm³/mol. The maximum absolute atomic E-state index is 6.13. The van der Waals surface area contributed by atoms with Crippen molar-refractivity contribution in [1.82, 2.24) is 0 Å². The van der Waals surface area contributed by atoms with E-state index in [2.05, 4.69) is 32.1 Å². The predicted octanol–water partition coefficient (Wildman–Crippen LogP) is 5.34. The van der Waals surface area contributed by atoms with Crippen molar-refractivity contribution in [3.63, 3.8) is 0 Å². The Morgan fingerprint density at radius 3 is 2.67 bits per heavy atom. The van der Waals surface area contributed by atoms with Gasteiger partial charge in [-0.1, -0.05) is 29.9 Å². The van der Waals surface area contributed by atoms with Crippen LogP contribution in [0.25, 0.3) is 0 Å². The van der Waals surface area contributed by atoms with Crippen molar-refractivity contribution in [2.75, 3.05) is 7.11 Å². The van der Waals surface area contributed by atoms with Gasteiger partial charge < -0.3 is 9.47 Å². The molecular formula is C19H24O2. The lowest BCUT2D eigenvalue weighted by Crippen LogP contribution is -1.99. The Morgan fingerprint density at radius 2 is 1.90 bits per heavy atom. The summed E-state index contributed by atoms with van der Waals surface area (Å²) in [6.07, 6.45) is 9.74. The number of aryl methyl sites for hydroxylation is 1. The average molecular weight is 284 g/mol. The minimum Gasteiger partial charge on any atom is -0.496 e. The molecule has 0 N–H and O–H groups in total. The van der Waals surface area contributed by atoms with Crippen LogP contribution in [0.3, 0.4) is 0 Å². The van der Waals surface area contributed by atoms with E-state index in [0.717, 1.165) is 42.1 Å². The van der Waals surface area contributed by atoms with Crippen molar-refractivity contribution < 1.29 is 9.47 Å². The summed E-state index contributed by atoms with van der Waals surface area (Å²) < 4.78 is 11.5. The first kappa shape index (κ1) is 15.4. The number of rotatable bonds is 3. The van der Waals surface area contributed by atoms with Gasteiger partial charge in [0.05, 0.1) is 7.11 Å². The highest BCUT2D eigenvalue weighted by molar-refractivity contribution is 5.41. The molecule has 1 aliphatic rings. The molecule has 2 nitrogen and oxygen atoms in total. The Kier molecular flexibility index (Phi) is 5.26. The smallest absolute Gasteiger partial charge is 0.130 e. The molecule has 21 heavy (non-hydrogen) atoms. The summed E-state index contributed by atoms with van der Waals surface area (Å²) in [5.74, 6) is 2.75. The highest BCUT2D eigenvalue weighted by atomic mass is 16.5. The number of hydrogen-bond donors (Lipinski definition) is 0. The van der Waals surface area contributed by atoms with Gasteiger partial charge in [-0.05, 0) is 50.8 Å². The zero-order valence-electron chi connectivity index (χ0n) is 13.4. The van der Waals surface area contributed by atoms with Crippen LogP contribution in [0.1, 0.15) is 38.7 Å². The van der Waals surface area contributed by atoms with Crippen LogP contribution in [0.2, 0.25) is 0 Å². The van der Waals surface area contributed by atoms with Gasteiger partial charge in [-0.25, -0.2) is 0 Å². The van der Waals surface area contributed by atoms with E-state index in [1.807, 2.05) is 25.1 Å². The number of benzene rings is 1. The van der Waals surface area contributed by atoms with E-state index in [-0.39, 0.29) is 0 Å². The molecule has 1 aromatic rings. The second-order valence-corrected chi connectivity index (χ2v) is 5.52. The summed E-state index contributed by atoms with van der Waals surface area (Å²) >= 11 is 0. The molecule has 112 valence electrons. The number of hydrogen-bond acceptors (Lipinski definition) is 2. The van der Waals surface area contributed by atoms with Crippen LogP contribution in [0.5, 0.6) is 11.5 Å². The Balaban J connectivity index is 2.27. The monoisotopic (exact) mass is 284 g/mol. The zero-order valence-corrected chi connectivity index (χ0v) is 13.4. The lowest BCUT2D eigenvalue weighted by molar-refractivity contribution is 0.382. The van der Waals surface area contributed by atoms with Crippen molar-refractivity contribution in [2.24, 2.45) is 0 Å². The second-order valence-electron chi connectivity index (χ2n) is 5.52. The first-order valence-electron chi connectivity index (χ1n) is 7.47. The average Bonchev–Trinajstić information content (AvgIpc) is 2.53. The Bertz CT molecular complexity index is 592. The Hall–Kier alpha value is -1.96. The van der Waals surface area contributed by atoms with E-state index in [1.54, 1.807) is 7.11 Å². The van der Waals surface area contributed by atoms with Crippen LogP contribution in [-0.4, -0.2) is 7.11 Å². The standard InChI is InChI=1S/C19H24O2/c1-14-8-6-5-7-9-18(16(3)12-14)21-17-11-10-15(2)19(13-17)20-4/h6,8,10-13H,5,7,9H2,1-4H3/b8-6-,14-12-,18-16+.